The summed E-state index contributed by atoms with van der Waals surface area (Å²) < 4.78 is 83.9. The molecule has 2 aliphatic rings. The fraction of sp³-hybridized carbons (Fsp3) is 0.0455. The number of ether oxygens (including phenoxy) is 1. The topological polar surface area (TPSA) is 9.23 Å². The maximum Gasteiger partial charge on any atom is 0.128 e. The van der Waals surface area contributed by atoms with E-state index in [1.807, 2.05) is 97.1 Å². The highest BCUT2D eigenvalue weighted by molar-refractivity contribution is 6.19. The van der Waals surface area contributed by atoms with E-state index in [0.717, 1.165) is 38.2 Å². The van der Waals surface area contributed by atoms with Crippen LogP contribution >= 0.6 is 0 Å². The van der Waals surface area contributed by atoms with Crippen molar-refractivity contribution in [2.45, 2.75) is 12.0 Å². The molecule has 0 fully saturated rings. The Morgan fingerprint density at radius 1 is 0.533 bits per heavy atom. The molecule has 7 aromatic rings. The smallest absolute Gasteiger partial charge is 0.128 e. The third kappa shape index (κ3) is 4.31. The van der Waals surface area contributed by atoms with Crippen molar-refractivity contribution < 1.29 is 17.1 Å². The van der Waals surface area contributed by atoms with Gasteiger partial charge in [0.2, 0.25) is 0 Å². The molecule has 1 nitrogen and oxygen atoms in total. The molecule has 0 bridgehead atoms. The summed E-state index contributed by atoms with van der Waals surface area (Å²) in [5, 5.41) is 3.48. The monoisotopic (exact) mass is 583 g/mol. The third-order valence-electron chi connectivity index (χ3n) is 8.76. The summed E-state index contributed by atoms with van der Waals surface area (Å²) in [6, 6.07) is 28.3. The molecule has 9 rings (SSSR count). The average molecular weight is 584 g/mol. The first-order valence-corrected chi connectivity index (χ1v) is 14.9. The fourth-order valence-electron chi connectivity index (χ4n) is 6.74. The van der Waals surface area contributed by atoms with E-state index in [4.69, 9.17) is 15.7 Å². The molecule has 0 saturated carbocycles. The number of rotatable bonds is 4. The summed E-state index contributed by atoms with van der Waals surface area (Å²) >= 11 is 0. The van der Waals surface area contributed by atoms with E-state index in [1.165, 1.54) is 0 Å². The second-order valence-electron chi connectivity index (χ2n) is 11.3. The molecule has 2 unspecified atom stereocenters. The molecular weight excluding hydrogens is 544 g/mol. The van der Waals surface area contributed by atoms with Gasteiger partial charge in [0.25, 0.3) is 0 Å². The number of benzene rings is 7. The Morgan fingerprint density at radius 2 is 1.18 bits per heavy atom. The van der Waals surface area contributed by atoms with Crippen LogP contribution in [0.1, 0.15) is 29.4 Å². The van der Waals surface area contributed by atoms with Crippen molar-refractivity contribution in [2.75, 3.05) is 0 Å². The summed E-state index contributed by atoms with van der Waals surface area (Å²) in [6.07, 6.45) is 5.96. The molecule has 0 aromatic heterocycles. The van der Waals surface area contributed by atoms with Crippen LogP contribution in [-0.2, 0) is 0 Å². The molecule has 1 aliphatic heterocycles. The zero-order valence-corrected chi connectivity index (χ0v) is 24.0. The highest BCUT2D eigenvalue weighted by Crippen LogP contribution is 2.48. The highest BCUT2D eigenvalue weighted by atomic mass is 16.5. The van der Waals surface area contributed by atoms with Crippen LogP contribution in [0.5, 0.6) is 5.75 Å². The van der Waals surface area contributed by atoms with Gasteiger partial charge in [0.15, 0.2) is 0 Å². The van der Waals surface area contributed by atoms with E-state index in [2.05, 4.69) is 6.08 Å². The number of allylic oxidation sites excluding steroid dienone is 2. The van der Waals surface area contributed by atoms with Crippen molar-refractivity contribution in [3.8, 4) is 39.1 Å². The van der Waals surface area contributed by atoms with Gasteiger partial charge in [0, 0.05) is 11.5 Å². The number of fused-ring (bicyclic) bond motifs is 5. The van der Waals surface area contributed by atoms with Crippen LogP contribution < -0.4 is 4.74 Å². The average Bonchev–Trinajstić information content (AvgIpc) is 3.56. The van der Waals surface area contributed by atoms with Gasteiger partial charge in [0.1, 0.15) is 11.9 Å². The van der Waals surface area contributed by atoms with Gasteiger partial charge in [-0.15, -0.1) is 0 Å². The van der Waals surface area contributed by atoms with Crippen LogP contribution in [0.3, 0.4) is 0 Å². The molecule has 45 heavy (non-hydrogen) atoms. The summed E-state index contributed by atoms with van der Waals surface area (Å²) in [5.74, 6) is 0.431. The highest BCUT2D eigenvalue weighted by Gasteiger charge is 2.34. The molecule has 1 heterocycles. The maximum absolute atomic E-state index is 9.47. The first-order chi connectivity index (χ1) is 26.1. The van der Waals surface area contributed by atoms with E-state index >= 15 is 0 Å². The van der Waals surface area contributed by atoms with Crippen LogP contribution in [0, 0.1) is 0 Å². The lowest BCUT2D eigenvalue weighted by molar-refractivity contribution is 0.269. The van der Waals surface area contributed by atoms with E-state index in [0.29, 0.717) is 33.6 Å². The second kappa shape index (κ2) is 10.5. The minimum Gasteiger partial charge on any atom is -0.485 e. The normalized spacial score (nSPS) is 19.5. The largest absolute Gasteiger partial charge is 0.485 e. The van der Waals surface area contributed by atoms with Gasteiger partial charge in [0.05, 0.1) is 12.3 Å². The molecule has 1 heteroatoms. The predicted molar refractivity (Wildman–Crippen MR) is 188 cm³/mol. The Morgan fingerprint density at radius 3 is 1.91 bits per heavy atom. The Hall–Kier alpha value is -5.66. The van der Waals surface area contributed by atoms with Crippen LogP contribution in [-0.4, -0.2) is 6.10 Å². The quantitative estimate of drug-likeness (QED) is 0.187. The molecule has 0 spiro atoms. The van der Waals surface area contributed by atoms with Crippen molar-refractivity contribution >= 4 is 27.1 Å². The predicted octanol–water partition coefficient (Wildman–Crippen LogP) is 11.5. The maximum atomic E-state index is 9.47. The summed E-state index contributed by atoms with van der Waals surface area (Å²) in [7, 11) is 0. The first kappa shape index (κ1) is 18.2. The van der Waals surface area contributed by atoms with E-state index in [-0.39, 0.29) is 65.9 Å². The minimum atomic E-state index is -0.433. The fourth-order valence-corrected chi connectivity index (χ4v) is 6.74. The molecule has 0 saturated heterocycles. The number of hydrogen-bond acceptors (Lipinski definition) is 1. The van der Waals surface area contributed by atoms with Crippen molar-refractivity contribution in [1.82, 2.24) is 0 Å². The van der Waals surface area contributed by atoms with Crippen LogP contribution in [0.25, 0.3) is 60.5 Å². The molecule has 0 N–H and O–H groups in total. The van der Waals surface area contributed by atoms with Gasteiger partial charge in [-0.25, -0.2) is 0 Å². The van der Waals surface area contributed by atoms with Gasteiger partial charge >= 0.3 is 0 Å². The third-order valence-corrected chi connectivity index (χ3v) is 8.76. The van der Waals surface area contributed by atoms with Gasteiger partial charge in [-0.3, -0.25) is 0 Å². The molecular formula is C44H30O. The lowest BCUT2D eigenvalue weighted by Gasteiger charge is -2.22. The van der Waals surface area contributed by atoms with E-state index in [9.17, 15) is 1.37 Å². The summed E-state index contributed by atoms with van der Waals surface area (Å²) in [5.41, 5.74) is 5.45. The first-order valence-electron chi connectivity index (χ1n) is 19.4. The second-order valence-corrected chi connectivity index (χ2v) is 11.3. The van der Waals surface area contributed by atoms with Crippen molar-refractivity contribution in [3.63, 3.8) is 0 Å². The Balaban J connectivity index is 1.23. The minimum absolute atomic E-state index is 0.0394. The Labute approximate surface area is 276 Å². The van der Waals surface area contributed by atoms with Crippen LogP contribution in [0.2, 0.25) is 0 Å². The zero-order chi connectivity index (χ0) is 37.6. The van der Waals surface area contributed by atoms with E-state index in [1.54, 1.807) is 12.1 Å². The molecule has 2 atom stereocenters. The van der Waals surface area contributed by atoms with E-state index < -0.39 is 6.04 Å². The van der Waals surface area contributed by atoms with Crippen molar-refractivity contribution in [2.24, 2.45) is 0 Å². The van der Waals surface area contributed by atoms with Gasteiger partial charge in [-0.2, -0.15) is 0 Å². The lowest BCUT2D eigenvalue weighted by atomic mass is 9.81. The van der Waals surface area contributed by atoms with Crippen LogP contribution in [0.15, 0.2) is 170 Å². The van der Waals surface area contributed by atoms with Crippen LogP contribution in [0.4, 0.5) is 0 Å². The molecule has 212 valence electrons. The number of hydrogen-bond donors (Lipinski definition) is 0. The van der Waals surface area contributed by atoms with Gasteiger partial charge in [-0.1, -0.05) is 151 Å². The standard InChI is InChI=1S/C44H30O/c1-3-12-29(13-4-1)31-16-11-17-33(26-31)43-36-18-7-9-20-38(36)44(39-21-10-8-19-37(39)43)34-23-25-41-40(27-34)35-24-22-32(28-42(35)45-41)30-14-5-2-6-15-30/h1-28,40-41H/i2D,5D,6D,11D,14D,15D,16D,17D,26D. The zero-order valence-electron chi connectivity index (χ0n) is 33.0. The lowest BCUT2D eigenvalue weighted by Crippen LogP contribution is -2.17. The molecule has 0 amide bonds. The summed E-state index contributed by atoms with van der Waals surface area (Å²) in [6.45, 7) is 0. The molecule has 1 aliphatic carbocycles. The van der Waals surface area contributed by atoms with Crippen molar-refractivity contribution in [1.29, 1.82) is 0 Å². The van der Waals surface area contributed by atoms with Gasteiger partial charge < -0.3 is 4.74 Å². The van der Waals surface area contributed by atoms with Gasteiger partial charge in [-0.05, 0) is 84.2 Å². The summed E-state index contributed by atoms with van der Waals surface area (Å²) in [4.78, 5) is 0. The Bertz CT molecular complexity index is 2720. The molecule has 0 radical (unpaired) electrons. The molecule has 7 aromatic carbocycles. The SMILES string of the molecule is [2H]c1c([2H])c([2H])c(-c2ccc3c(c2)OC2C=CC(c4c5ccccc5c(-c5c([2H])c([2H])c([2H])c(-c6ccccc6)c5[2H])c5ccccc45)=CC32)c([2H])c1[2H]. The Kier molecular flexibility index (Phi) is 4.25. The van der Waals surface area contributed by atoms with Crippen molar-refractivity contribution in [3.05, 3.63) is 181 Å².